The van der Waals surface area contributed by atoms with Gasteiger partial charge >= 0.3 is 0 Å². The average molecular weight is 185 g/mol. The zero-order valence-electron chi connectivity index (χ0n) is 7.00. The monoisotopic (exact) mass is 185 g/mol. The Morgan fingerprint density at radius 3 is 2.25 bits per heavy atom. The second-order valence-electron chi connectivity index (χ2n) is 2.38. The molecule has 0 saturated carbocycles. The van der Waals surface area contributed by atoms with Crippen LogP contribution >= 0.6 is 12.2 Å². The van der Waals surface area contributed by atoms with Gasteiger partial charge in [-0.05, 0) is 13.8 Å². The molecule has 0 aliphatic carbocycles. The summed E-state index contributed by atoms with van der Waals surface area (Å²) in [5.74, 6) is -0.0139. The summed E-state index contributed by atoms with van der Waals surface area (Å²) in [5, 5.41) is 8.54. The van der Waals surface area contributed by atoms with E-state index in [1.807, 2.05) is 0 Å². The molecular formula is C7H11N3OS. The van der Waals surface area contributed by atoms with E-state index in [4.69, 9.17) is 21.5 Å². The quantitative estimate of drug-likeness (QED) is 0.287. The molecule has 0 spiro atoms. The number of rotatable bonds is 3. The summed E-state index contributed by atoms with van der Waals surface area (Å²) in [7, 11) is 0. The number of nitriles is 1. The van der Waals surface area contributed by atoms with Gasteiger partial charge in [0.15, 0.2) is 0 Å². The molecule has 0 heterocycles. The molecule has 5 heteroatoms. The van der Waals surface area contributed by atoms with Crippen molar-refractivity contribution in [2.24, 2.45) is 11.5 Å². The molecule has 0 aromatic carbocycles. The molecule has 0 aliphatic heterocycles. The molecule has 4 N–H and O–H groups in total. The topological polar surface area (TPSA) is 85.1 Å². The lowest BCUT2D eigenvalue weighted by Gasteiger charge is -2.10. The molecular weight excluding hydrogens is 174 g/mol. The molecule has 0 aromatic heterocycles. The smallest absolute Gasteiger partial charge is 0.205 e. The van der Waals surface area contributed by atoms with Gasteiger partial charge in [0.2, 0.25) is 5.88 Å². The minimum Gasteiger partial charge on any atom is -0.476 e. The van der Waals surface area contributed by atoms with Crippen LogP contribution in [0, 0.1) is 11.3 Å². The summed E-state index contributed by atoms with van der Waals surface area (Å²) in [6.45, 7) is 3.59. The van der Waals surface area contributed by atoms with Crippen molar-refractivity contribution in [2.45, 2.75) is 20.0 Å². The van der Waals surface area contributed by atoms with E-state index in [2.05, 4.69) is 12.2 Å². The fourth-order valence-electron chi connectivity index (χ4n) is 0.544. The number of hydrogen-bond donors (Lipinski definition) is 2. The summed E-state index contributed by atoms with van der Waals surface area (Å²) in [6, 6.07) is 1.77. The summed E-state index contributed by atoms with van der Waals surface area (Å²) >= 11 is 4.58. The second-order valence-corrected chi connectivity index (χ2v) is 2.82. The molecule has 0 aliphatic rings. The minimum absolute atomic E-state index is 0.0139. The van der Waals surface area contributed by atoms with E-state index < -0.39 is 0 Å². The first-order chi connectivity index (χ1) is 5.49. The van der Waals surface area contributed by atoms with Gasteiger partial charge in [-0.15, -0.1) is 0 Å². The standard InChI is InChI=1S/C7H11N3OS/c1-4(2)11-6(9)5(3-8)7(10)12/h4H,9H2,1-2H3,(H2,10,12)/b6-5-. The van der Waals surface area contributed by atoms with Gasteiger partial charge in [0.25, 0.3) is 0 Å². The van der Waals surface area contributed by atoms with E-state index in [-0.39, 0.29) is 22.5 Å². The van der Waals surface area contributed by atoms with Crippen LogP contribution in [0.5, 0.6) is 0 Å². The average Bonchev–Trinajstić information content (AvgIpc) is 1.85. The Morgan fingerprint density at radius 1 is 1.50 bits per heavy atom. The van der Waals surface area contributed by atoms with Crippen molar-refractivity contribution in [3.63, 3.8) is 0 Å². The molecule has 0 amide bonds. The summed E-state index contributed by atoms with van der Waals surface area (Å²) < 4.78 is 5.03. The van der Waals surface area contributed by atoms with Crippen LogP contribution in [0.25, 0.3) is 0 Å². The first-order valence-corrected chi connectivity index (χ1v) is 3.76. The Balaban J connectivity index is 4.64. The maximum Gasteiger partial charge on any atom is 0.205 e. The zero-order valence-corrected chi connectivity index (χ0v) is 7.81. The molecule has 66 valence electrons. The van der Waals surface area contributed by atoms with Crippen molar-refractivity contribution in [2.75, 3.05) is 0 Å². The van der Waals surface area contributed by atoms with Crippen LogP contribution in [0.3, 0.4) is 0 Å². The van der Waals surface area contributed by atoms with Crippen LogP contribution in [0.4, 0.5) is 0 Å². The van der Waals surface area contributed by atoms with Crippen LogP contribution < -0.4 is 11.5 Å². The fourth-order valence-corrected chi connectivity index (χ4v) is 0.691. The maximum absolute atomic E-state index is 8.54. The molecule has 0 fully saturated rings. The molecule has 0 bridgehead atoms. The van der Waals surface area contributed by atoms with Crippen LogP contribution in [-0.2, 0) is 4.74 Å². The van der Waals surface area contributed by atoms with Crippen molar-refractivity contribution in [3.8, 4) is 6.07 Å². The van der Waals surface area contributed by atoms with Crippen molar-refractivity contribution < 1.29 is 4.74 Å². The third-order valence-electron chi connectivity index (χ3n) is 0.967. The second kappa shape index (κ2) is 4.57. The number of ether oxygens (including phenoxy) is 1. The molecule has 4 nitrogen and oxygen atoms in total. The fraction of sp³-hybridized carbons (Fsp3) is 0.429. The van der Waals surface area contributed by atoms with Gasteiger partial charge in [-0.1, -0.05) is 12.2 Å². The van der Waals surface area contributed by atoms with E-state index >= 15 is 0 Å². The van der Waals surface area contributed by atoms with Gasteiger partial charge < -0.3 is 16.2 Å². The highest BCUT2D eigenvalue weighted by molar-refractivity contribution is 7.80. The lowest BCUT2D eigenvalue weighted by molar-refractivity contribution is 0.144. The summed E-state index contributed by atoms with van der Waals surface area (Å²) in [5.41, 5.74) is 10.6. The van der Waals surface area contributed by atoms with Gasteiger partial charge in [-0.25, -0.2) is 0 Å². The molecule has 0 atom stereocenters. The lowest BCUT2D eigenvalue weighted by Crippen LogP contribution is -2.19. The summed E-state index contributed by atoms with van der Waals surface area (Å²) in [6.07, 6.45) is -0.0947. The molecule has 0 rings (SSSR count). The van der Waals surface area contributed by atoms with E-state index in [0.29, 0.717) is 0 Å². The zero-order chi connectivity index (χ0) is 9.72. The Bertz CT molecular complexity index is 252. The van der Waals surface area contributed by atoms with Gasteiger partial charge in [0.05, 0.1) is 6.10 Å². The lowest BCUT2D eigenvalue weighted by atomic mass is 10.3. The number of nitrogens with two attached hydrogens (primary N) is 2. The molecule has 0 aromatic rings. The van der Waals surface area contributed by atoms with Gasteiger partial charge in [-0.3, -0.25) is 0 Å². The SMILES string of the molecule is CC(C)O/C(N)=C(/C#N)C(N)=S. The largest absolute Gasteiger partial charge is 0.476 e. The van der Waals surface area contributed by atoms with Gasteiger partial charge in [-0.2, -0.15) is 5.26 Å². The normalized spacial score (nSPS) is 11.8. The summed E-state index contributed by atoms with van der Waals surface area (Å²) in [4.78, 5) is -0.0457. The highest BCUT2D eigenvalue weighted by atomic mass is 32.1. The Hall–Kier alpha value is -1.28. The minimum atomic E-state index is -0.0947. The highest BCUT2D eigenvalue weighted by Crippen LogP contribution is 2.02. The maximum atomic E-state index is 8.54. The van der Waals surface area contributed by atoms with E-state index in [9.17, 15) is 0 Å². The number of thiocarbonyl (C=S) groups is 1. The van der Waals surface area contributed by atoms with Crippen LogP contribution in [-0.4, -0.2) is 11.1 Å². The van der Waals surface area contributed by atoms with Gasteiger partial charge in [0, 0.05) is 0 Å². The first-order valence-electron chi connectivity index (χ1n) is 3.35. The Morgan fingerprint density at radius 2 is 2.00 bits per heavy atom. The Labute approximate surface area is 76.8 Å². The van der Waals surface area contributed by atoms with Crippen molar-refractivity contribution in [1.29, 1.82) is 5.26 Å². The highest BCUT2D eigenvalue weighted by Gasteiger charge is 2.08. The molecule has 12 heavy (non-hydrogen) atoms. The van der Waals surface area contributed by atoms with Gasteiger partial charge in [0.1, 0.15) is 16.6 Å². The molecule has 0 unspecified atom stereocenters. The first kappa shape index (κ1) is 10.7. The Kier molecular flexibility index (Phi) is 4.08. The predicted molar refractivity (Wildman–Crippen MR) is 49.8 cm³/mol. The van der Waals surface area contributed by atoms with Crippen molar-refractivity contribution >= 4 is 17.2 Å². The number of nitrogens with zero attached hydrogens (tertiary/aromatic N) is 1. The van der Waals surface area contributed by atoms with Crippen LogP contribution in [0.15, 0.2) is 11.5 Å². The van der Waals surface area contributed by atoms with Crippen LogP contribution in [0.1, 0.15) is 13.8 Å². The van der Waals surface area contributed by atoms with E-state index in [1.165, 1.54) is 0 Å². The van der Waals surface area contributed by atoms with Crippen LogP contribution in [0.2, 0.25) is 0 Å². The third kappa shape index (κ3) is 3.21. The van der Waals surface area contributed by atoms with E-state index in [0.717, 1.165) is 0 Å². The number of hydrogen-bond acceptors (Lipinski definition) is 4. The molecule has 0 radical (unpaired) electrons. The molecule has 0 saturated heterocycles. The predicted octanol–water partition coefficient (Wildman–Crippen LogP) is 0.391. The van der Waals surface area contributed by atoms with Crippen molar-refractivity contribution in [3.05, 3.63) is 11.5 Å². The van der Waals surface area contributed by atoms with E-state index in [1.54, 1.807) is 19.9 Å². The van der Waals surface area contributed by atoms with Crippen molar-refractivity contribution in [1.82, 2.24) is 0 Å². The third-order valence-corrected chi connectivity index (χ3v) is 1.17.